The summed E-state index contributed by atoms with van der Waals surface area (Å²) in [6.45, 7) is 0.361. The second-order valence-corrected chi connectivity index (χ2v) is 5.95. The number of nitrogens with zero attached hydrogens (tertiary/aromatic N) is 4. The summed E-state index contributed by atoms with van der Waals surface area (Å²) in [5.41, 5.74) is 1.60. The summed E-state index contributed by atoms with van der Waals surface area (Å²) in [6, 6.07) is 5.72. The Balaban J connectivity index is 1.67. The number of hydrogen-bond donors (Lipinski definition) is 0. The van der Waals surface area contributed by atoms with E-state index < -0.39 is 0 Å². The van der Waals surface area contributed by atoms with Crippen LogP contribution in [0, 0.1) is 0 Å². The average molecular weight is 312 g/mol. The fraction of sp³-hybridized carbons (Fsp3) is 0.133. The number of pyridine rings is 1. The largest absolute Gasteiger partial charge is 0.359 e. The molecule has 22 heavy (non-hydrogen) atoms. The number of aromatic nitrogens is 4. The van der Waals surface area contributed by atoms with Crippen LogP contribution in [0.2, 0.25) is 0 Å². The van der Waals surface area contributed by atoms with Crippen molar-refractivity contribution in [3.8, 4) is 11.3 Å². The van der Waals surface area contributed by atoms with Gasteiger partial charge in [-0.05, 0) is 22.9 Å². The highest BCUT2D eigenvalue weighted by atomic mass is 32.1. The van der Waals surface area contributed by atoms with Crippen LogP contribution in [0.5, 0.6) is 0 Å². The molecule has 0 saturated heterocycles. The first kappa shape index (κ1) is 13.0. The molecule has 0 aliphatic carbocycles. The summed E-state index contributed by atoms with van der Waals surface area (Å²) in [7, 11) is 1.85. The molecule has 0 aromatic carbocycles. The molecular weight excluding hydrogens is 300 g/mol. The summed E-state index contributed by atoms with van der Waals surface area (Å²) in [4.78, 5) is 12.4. The number of aryl methyl sites for hydroxylation is 1. The van der Waals surface area contributed by atoms with Crippen LogP contribution in [0.25, 0.3) is 21.3 Å². The van der Waals surface area contributed by atoms with E-state index >= 15 is 0 Å². The Morgan fingerprint density at radius 3 is 3.09 bits per heavy atom. The zero-order valence-corrected chi connectivity index (χ0v) is 12.6. The molecule has 4 aromatic rings. The zero-order valence-electron chi connectivity index (χ0n) is 11.8. The molecule has 0 atom stereocenters. The number of rotatable bonds is 3. The lowest BCUT2D eigenvalue weighted by Gasteiger charge is -2.01. The van der Waals surface area contributed by atoms with Gasteiger partial charge in [-0.3, -0.25) is 9.48 Å². The molecule has 0 aliphatic rings. The maximum Gasteiger partial charge on any atom is 0.268 e. The van der Waals surface area contributed by atoms with Crippen LogP contribution in [0.4, 0.5) is 0 Å². The van der Waals surface area contributed by atoms with E-state index in [0.717, 1.165) is 15.6 Å². The fourth-order valence-corrected chi connectivity index (χ4v) is 3.20. The van der Waals surface area contributed by atoms with Crippen LogP contribution >= 0.6 is 11.3 Å². The first-order valence-electron chi connectivity index (χ1n) is 6.72. The lowest BCUT2D eigenvalue weighted by Crippen LogP contribution is -2.18. The molecule has 4 aromatic heterocycles. The monoisotopic (exact) mass is 312 g/mol. The molecular formula is C15H12N4O2S. The van der Waals surface area contributed by atoms with Crippen molar-refractivity contribution in [3.63, 3.8) is 0 Å². The van der Waals surface area contributed by atoms with Gasteiger partial charge in [0.25, 0.3) is 5.56 Å². The molecule has 4 heterocycles. The molecule has 0 radical (unpaired) electrons. The van der Waals surface area contributed by atoms with E-state index in [-0.39, 0.29) is 5.56 Å². The minimum atomic E-state index is -0.00757. The van der Waals surface area contributed by atoms with Gasteiger partial charge in [0.1, 0.15) is 5.69 Å². The number of fused-ring (bicyclic) bond motifs is 1. The molecule has 110 valence electrons. The standard InChI is InChI=1S/C15H12N4O2S/c1-18-8-11(7-16-18)13-6-12(21-17-13)9-19-4-2-10-3-5-22-14(10)15(19)20/h2-8H,9H2,1H3. The van der Waals surface area contributed by atoms with Crippen LogP contribution in [0.1, 0.15) is 5.76 Å². The normalized spacial score (nSPS) is 11.3. The van der Waals surface area contributed by atoms with Gasteiger partial charge in [-0.25, -0.2) is 0 Å². The molecule has 0 amide bonds. The first-order valence-corrected chi connectivity index (χ1v) is 7.60. The first-order chi connectivity index (χ1) is 10.7. The molecule has 6 nitrogen and oxygen atoms in total. The predicted octanol–water partition coefficient (Wildman–Crippen LogP) is 2.50. The second kappa shape index (κ2) is 4.96. The van der Waals surface area contributed by atoms with E-state index in [1.807, 2.05) is 36.8 Å². The quantitative estimate of drug-likeness (QED) is 0.583. The Hall–Kier alpha value is -2.67. The number of hydrogen-bond acceptors (Lipinski definition) is 5. The highest BCUT2D eigenvalue weighted by molar-refractivity contribution is 7.17. The molecule has 0 unspecified atom stereocenters. The van der Waals surface area contributed by atoms with E-state index in [4.69, 9.17) is 4.52 Å². The summed E-state index contributed by atoms with van der Waals surface area (Å²) in [5.74, 6) is 0.636. The van der Waals surface area contributed by atoms with E-state index in [2.05, 4.69) is 10.3 Å². The van der Waals surface area contributed by atoms with Crippen molar-refractivity contribution < 1.29 is 4.52 Å². The lowest BCUT2D eigenvalue weighted by atomic mass is 10.2. The minimum absolute atomic E-state index is 0.00757. The van der Waals surface area contributed by atoms with Crippen LogP contribution in [-0.2, 0) is 13.6 Å². The Labute approximate surface area is 129 Å². The van der Waals surface area contributed by atoms with E-state index in [1.165, 1.54) is 11.3 Å². The van der Waals surface area contributed by atoms with Crippen molar-refractivity contribution in [2.75, 3.05) is 0 Å². The zero-order chi connectivity index (χ0) is 15.1. The molecule has 0 spiro atoms. The van der Waals surface area contributed by atoms with Gasteiger partial charge in [-0.2, -0.15) is 5.10 Å². The van der Waals surface area contributed by atoms with Gasteiger partial charge < -0.3 is 9.09 Å². The van der Waals surface area contributed by atoms with E-state index in [0.29, 0.717) is 18.0 Å². The third kappa shape index (κ3) is 2.15. The second-order valence-electron chi connectivity index (χ2n) is 5.04. The molecule has 4 rings (SSSR count). The molecule has 0 aliphatic heterocycles. The maximum atomic E-state index is 12.4. The fourth-order valence-electron chi connectivity index (χ4n) is 2.36. The van der Waals surface area contributed by atoms with Gasteiger partial charge in [-0.1, -0.05) is 5.16 Å². The average Bonchev–Trinajstić information content (AvgIpc) is 3.22. The van der Waals surface area contributed by atoms with Crippen molar-refractivity contribution in [1.29, 1.82) is 0 Å². The van der Waals surface area contributed by atoms with Crippen molar-refractivity contribution in [2.45, 2.75) is 6.54 Å². The molecule has 0 fully saturated rings. The van der Waals surface area contributed by atoms with Gasteiger partial charge in [0.2, 0.25) is 0 Å². The van der Waals surface area contributed by atoms with Gasteiger partial charge in [-0.15, -0.1) is 11.3 Å². The van der Waals surface area contributed by atoms with Gasteiger partial charge in [0.05, 0.1) is 17.4 Å². The van der Waals surface area contributed by atoms with E-state index in [9.17, 15) is 4.79 Å². The maximum absolute atomic E-state index is 12.4. The van der Waals surface area contributed by atoms with Crippen molar-refractivity contribution >= 4 is 21.4 Å². The van der Waals surface area contributed by atoms with Crippen LogP contribution in [0.3, 0.4) is 0 Å². The van der Waals surface area contributed by atoms with E-state index in [1.54, 1.807) is 21.6 Å². The topological polar surface area (TPSA) is 65.8 Å². The van der Waals surface area contributed by atoms with Crippen molar-refractivity contribution in [1.82, 2.24) is 19.5 Å². The molecule has 0 saturated carbocycles. The third-order valence-corrected chi connectivity index (χ3v) is 4.39. The summed E-state index contributed by atoms with van der Waals surface area (Å²) >= 11 is 1.45. The van der Waals surface area contributed by atoms with Crippen LogP contribution in [-0.4, -0.2) is 19.5 Å². The van der Waals surface area contributed by atoms with Gasteiger partial charge in [0, 0.05) is 31.1 Å². The SMILES string of the molecule is Cn1cc(-c2cc(Cn3ccc4ccsc4c3=O)on2)cn1. The van der Waals surface area contributed by atoms with Crippen LogP contribution < -0.4 is 5.56 Å². The third-order valence-electron chi connectivity index (χ3n) is 3.47. The lowest BCUT2D eigenvalue weighted by molar-refractivity contribution is 0.377. The predicted molar refractivity (Wildman–Crippen MR) is 83.9 cm³/mol. The van der Waals surface area contributed by atoms with Gasteiger partial charge >= 0.3 is 0 Å². The van der Waals surface area contributed by atoms with Gasteiger partial charge in [0.15, 0.2) is 5.76 Å². The van der Waals surface area contributed by atoms with Crippen molar-refractivity contribution in [3.05, 3.63) is 58.3 Å². The summed E-state index contributed by atoms with van der Waals surface area (Å²) in [5, 5.41) is 11.0. The highest BCUT2D eigenvalue weighted by Crippen LogP contribution is 2.19. The molecule has 0 N–H and O–H groups in total. The minimum Gasteiger partial charge on any atom is -0.359 e. The molecule has 0 bridgehead atoms. The molecule has 7 heteroatoms. The number of thiophene rings is 1. The smallest absolute Gasteiger partial charge is 0.268 e. The Morgan fingerprint density at radius 2 is 2.27 bits per heavy atom. The Morgan fingerprint density at radius 1 is 1.36 bits per heavy atom. The Kier molecular flexibility index (Phi) is 2.93. The summed E-state index contributed by atoms with van der Waals surface area (Å²) < 4.78 is 9.43. The van der Waals surface area contributed by atoms with Crippen LogP contribution in [0.15, 0.2) is 51.5 Å². The van der Waals surface area contributed by atoms with Crippen molar-refractivity contribution in [2.24, 2.45) is 7.05 Å². The Bertz CT molecular complexity index is 1010. The highest BCUT2D eigenvalue weighted by Gasteiger charge is 2.10. The summed E-state index contributed by atoms with van der Waals surface area (Å²) in [6.07, 6.45) is 5.38.